The van der Waals surface area contributed by atoms with E-state index >= 15 is 0 Å². The van der Waals surface area contributed by atoms with Gasteiger partial charge in [-0.05, 0) is 23.3 Å². The summed E-state index contributed by atoms with van der Waals surface area (Å²) in [6.45, 7) is 0.419. The normalized spacial score (nSPS) is 16.2. The van der Waals surface area contributed by atoms with E-state index in [1.54, 1.807) is 12.4 Å². The van der Waals surface area contributed by atoms with Gasteiger partial charge in [0.15, 0.2) is 0 Å². The maximum absolute atomic E-state index is 12.0. The standard InChI is InChI=1S/C16H15N3O2/c20-15(18-10-11-4-3-7-17-9-11)8-13-12-5-1-2-6-14(12)19-16(13)21/h1-7,9,13H,8,10H2,(H,18,20)(H,19,21). The number of nitrogens with zero attached hydrogens (tertiary/aromatic N) is 1. The molecule has 1 aromatic heterocycles. The van der Waals surface area contributed by atoms with Crippen LogP contribution in [0.3, 0.4) is 0 Å². The quantitative estimate of drug-likeness (QED) is 0.898. The third-order valence-electron chi connectivity index (χ3n) is 3.51. The van der Waals surface area contributed by atoms with Crippen molar-refractivity contribution < 1.29 is 9.59 Å². The van der Waals surface area contributed by atoms with Crippen LogP contribution < -0.4 is 10.6 Å². The van der Waals surface area contributed by atoms with Gasteiger partial charge in [-0.25, -0.2) is 0 Å². The van der Waals surface area contributed by atoms with Gasteiger partial charge in [-0.15, -0.1) is 0 Å². The van der Waals surface area contributed by atoms with Gasteiger partial charge in [0.25, 0.3) is 0 Å². The number of anilines is 1. The first-order chi connectivity index (χ1) is 10.2. The third kappa shape index (κ3) is 2.91. The van der Waals surface area contributed by atoms with Crippen LogP contribution in [0.25, 0.3) is 0 Å². The SMILES string of the molecule is O=C(CC1C(=O)Nc2ccccc21)NCc1cccnc1. The monoisotopic (exact) mass is 281 g/mol. The van der Waals surface area contributed by atoms with Gasteiger partial charge in [-0.2, -0.15) is 0 Å². The fourth-order valence-electron chi connectivity index (χ4n) is 2.44. The highest BCUT2D eigenvalue weighted by molar-refractivity contribution is 6.04. The van der Waals surface area contributed by atoms with Crippen molar-refractivity contribution in [1.29, 1.82) is 0 Å². The maximum atomic E-state index is 12.0. The Kier molecular flexibility index (Phi) is 3.64. The molecule has 1 unspecified atom stereocenters. The first-order valence-electron chi connectivity index (χ1n) is 6.79. The van der Waals surface area contributed by atoms with Gasteiger partial charge in [0.05, 0.1) is 5.92 Å². The molecule has 0 fully saturated rings. The minimum atomic E-state index is -0.407. The molecule has 0 spiro atoms. The number of rotatable bonds is 4. The molecule has 2 heterocycles. The lowest BCUT2D eigenvalue weighted by atomic mass is 9.97. The Morgan fingerprint density at radius 1 is 1.24 bits per heavy atom. The molecule has 2 amide bonds. The number of benzene rings is 1. The molecule has 106 valence electrons. The van der Waals surface area contributed by atoms with Crippen molar-refractivity contribution in [2.75, 3.05) is 5.32 Å². The van der Waals surface area contributed by atoms with Crippen molar-refractivity contribution in [3.8, 4) is 0 Å². The second-order valence-corrected chi connectivity index (χ2v) is 4.97. The number of para-hydroxylation sites is 1. The lowest BCUT2D eigenvalue weighted by molar-refractivity contribution is -0.125. The van der Waals surface area contributed by atoms with E-state index in [1.807, 2.05) is 36.4 Å². The van der Waals surface area contributed by atoms with Gasteiger partial charge in [0.2, 0.25) is 11.8 Å². The molecule has 0 saturated heterocycles. The van der Waals surface area contributed by atoms with Crippen molar-refractivity contribution in [2.45, 2.75) is 18.9 Å². The van der Waals surface area contributed by atoms with Gasteiger partial charge in [0.1, 0.15) is 0 Å². The zero-order valence-corrected chi connectivity index (χ0v) is 11.4. The van der Waals surface area contributed by atoms with Crippen LogP contribution in [0.4, 0.5) is 5.69 Å². The van der Waals surface area contributed by atoms with E-state index in [-0.39, 0.29) is 18.2 Å². The first kappa shape index (κ1) is 13.3. The lowest BCUT2D eigenvalue weighted by Gasteiger charge is -2.09. The zero-order chi connectivity index (χ0) is 14.7. The fourth-order valence-corrected chi connectivity index (χ4v) is 2.44. The van der Waals surface area contributed by atoms with Gasteiger partial charge >= 0.3 is 0 Å². The van der Waals surface area contributed by atoms with Crippen molar-refractivity contribution in [2.24, 2.45) is 0 Å². The molecular weight excluding hydrogens is 266 g/mol. The highest BCUT2D eigenvalue weighted by atomic mass is 16.2. The fraction of sp³-hybridized carbons (Fsp3) is 0.188. The molecule has 1 atom stereocenters. The number of fused-ring (bicyclic) bond motifs is 1. The van der Waals surface area contributed by atoms with E-state index in [0.29, 0.717) is 6.54 Å². The van der Waals surface area contributed by atoms with Crippen molar-refractivity contribution in [3.05, 3.63) is 59.9 Å². The first-order valence-corrected chi connectivity index (χ1v) is 6.79. The number of amides is 2. The third-order valence-corrected chi connectivity index (χ3v) is 3.51. The molecule has 1 aromatic carbocycles. The molecule has 5 heteroatoms. The molecule has 3 rings (SSSR count). The molecule has 0 saturated carbocycles. The zero-order valence-electron chi connectivity index (χ0n) is 11.4. The Morgan fingerprint density at radius 3 is 2.90 bits per heavy atom. The minimum absolute atomic E-state index is 0.118. The van der Waals surface area contributed by atoms with Crippen LogP contribution in [-0.2, 0) is 16.1 Å². The predicted molar refractivity (Wildman–Crippen MR) is 78.5 cm³/mol. The molecule has 0 radical (unpaired) electrons. The molecule has 1 aliphatic heterocycles. The molecule has 0 aliphatic carbocycles. The summed E-state index contributed by atoms with van der Waals surface area (Å²) in [5.74, 6) is -0.668. The summed E-state index contributed by atoms with van der Waals surface area (Å²) in [6.07, 6.45) is 3.55. The minimum Gasteiger partial charge on any atom is -0.352 e. The van der Waals surface area contributed by atoms with Crippen LogP contribution in [0.1, 0.15) is 23.5 Å². The Bertz CT molecular complexity index is 670. The van der Waals surface area contributed by atoms with Crippen LogP contribution in [0, 0.1) is 0 Å². The van der Waals surface area contributed by atoms with E-state index in [1.165, 1.54) is 0 Å². The summed E-state index contributed by atoms with van der Waals surface area (Å²) in [6, 6.07) is 11.2. The summed E-state index contributed by atoms with van der Waals surface area (Å²) in [5, 5.41) is 5.62. The maximum Gasteiger partial charge on any atom is 0.232 e. The molecule has 2 N–H and O–H groups in total. The highest BCUT2D eigenvalue weighted by Crippen LogP contribution is 2.34. The topological polar surface area (TPSA) is 71.1 Å². The van der Waals surface area contributed by atoms with Crippen molar-refractivity contribution >= 4 is 17.5 Å². The summed E-state index contributed by atoms with van der Waals surface area (Å²) in [4.78, 5) is 27.9. The van der Waals surface area contributed by atoms with Crippen molar-refractivity contribution in [1.82, 2.24) is 10.3 Å². The van der Waals surface area contributed by atoms with E-state index in [4.69, 9.17) is 0 Å². The van der Waals surface area contributed by atoms with Crippen LogP contribution in [-0.4, -0.2) is 16.8 Å². The molecule has 21 heavy (non-hydrogen) atoms. The summed E-state index contributed by atoms with van der Waals surface area (Å²) < 4.78 is 0. The number of carbonyl (C=O) groups excluding carboxylic acids is 2. The second kappa shape index (κ2) is 5.75. The number of aromatic nitrogens is 1. The van der Waals surface area contributed by atoms with Gasteiger partial charge in [-0.3, -0.25) is 14.6 Å². The molecule has 0 bridgehead atoms. The number of pyridine rings is 1. The number of hydrogen-bond acceptors (Lipinski definition) is 3. The van der Waals surface area contributed by atoms with Crippen LogP contribution in [0.5, 0.6) is 0 Å². The molecule has 2 aromatic rings. The van der Waals surface area contributed by atoms with Crippen LogP contribution in [0.2, 0.25) is 0 Å². The Morgan fingerprint density at radius 2 is 2.10 bits per heavy atom. The Balaban J connectivity index is 1.62. The predicted octanol–water partition coefficient (Wildman–Crippen LogP) is 1.82. The van der Waals surface area contributed by atoms with E-state index < -0.39 is 5.92 Å². The average molecular weight is 281 g/mol. The van der Waals surface area contributed by atoms with Gasteiger partial charge in [0, 0.05) is 31.0 Å². The van der Waals surface area contributed by atoms with Crippen molar-refractivity contribution in [3.63, 3.8) is 0 Å². The average Bonchev–Trinajstić information content (AvgIpc) is 2.82. The molecular formula is C16H15N3O2. The Labute approximate surface area is 122 Å². The molecule has 5 nitrogen and oxygen atoms in total. The van der Waals surface area contributed by atoms with E-state index in [0.717, 1.165) is 16.8 Å². The van der Waals surface area contributed by atoms with Crippen LogP contribution in [0.15, 0.2) is 48.8 Å². The summed E-state index contributed by atoms with van der Waals surface area (Å²) in [7, 11) is 0. The summed E-state index contributed by atoms with van der Waals surface area (Å²) in [5.41, 5.74) is 2.62. The number of hydrogen-bond donors (Lipinski definition) is 2. The van der Waals surface area contributed by atoms with E-state index in [9.17, 15) is 9.59 Å². The smallest absolute Gasteiger partial charge is 0.232 e. The Hall–Kier alpha value is -2.69. The number of carbonyl (C=O) groups is 2. The molecule has 1 aliphatic rings. The lowest BCUT2D eigenvalue weighted by Crippen LogP contribution is -2.26. The summed E-state index contributed by atoms with van der Waals surface area (Å²) >= 11 is 0. The number of nitrogens with one attached hydrogen (secondary N) is 2. The van der Waals surface area contributed by atoms with E-state index in [2.05, 4.69) is 15.6 Å². The van der Waals surface area contributed by atoms with Gasteiger partial charge in [-0.1, -0.05) is 24.3 Å². The largest absolute Gasteiger partial charge is 0.352 e. The van der Waals surface area contributed by atoms with Gasteiger partial charge < -0.3 is 10.6 Å². The second-order valence-electron chi connectivity index (χ2n) is 4.97. The highest BCUT2D eigenvalue weighted by Gasteiger charge is 2.31. The van der Waals surface area contributed by atoms with Crippen LogP contribution >= 0.6 is 0 Å².